The van der Waals surface area contributed by atoms with Gasteiger partial charge in [-0.05, 0) is 35.9 Å². The molecule has 190 valence electrons. The Kier molecular flexibility index (Phi) is 5.65. The molecule has 0 saturated carbocycles. The van der Waals surface area contributed by atoms with E-state index in [1.807, 2.05) is 0 Å². The van der Waals surface area contributed by atoms with E-state index in [-0.39, 0.29) is 22.6 Å². The molecule has 0 bridgehead atoms. The van der Waals surface area contributed by atoms with E-state index < -0.39 is 30.0 Å². The second kappa shape index (κ2) is 8.61. The molecule has 0 fully saturated rings. The van der Waals surface area contributed by atoms with E-state index in [9.17, 15) is 31.1 Å². The second-order valence-corrected chi connectivity index (χ2v) is 8.27. The quantitative estimate of drug-likeness (QED) is 0.326. The lowest BCUT2D eigenvalue weighted by atomic mass is 10.0. The zero-order valence-electron chi connectivity index (χ0n) is 18.9. The number of halogens is 6. The molecule has 1 N–H and O–H groups in total. The van der Waals surface area contributed by atoms with Crippen LogP contribution in [0.25, 0.3) is 38.6 Å². The molecule has 3 aromatic heterocycles. The van der Waals surface area contributed by atoms with Gasteiger partial charge in [-0.25, -0.2) is 9.97 Å². The summed E-state index contributed by atoms with van der Waals surface area (Å²) in [6, 6.07) is 8.97. The van der Waals surface area contributed by atoms with E-state index in [1.165, 1.54) is 17.0 Å². The second-order valence-electron chi connectivity index (χ2n) is 8.27. The Morgan fingerprint density at radius 2 is 1.68 bits per heavy atom. The summed E-state index contributed by atoms with van der Waals surface area (Å²) in [6.07, 6.45) is -4.71. The minimum Gasteiger partial charge on any atom is -0.345 e. The highest BCUT2D eigenvalue weighted by atomic mass is 19.4. The average Bonchev–Trinajstić information content (AvgIpc) is 3.20. The number of nitrogens with zero attached hydrogens (tertiary/aromatic N) is 5. The van der Waals surface area contributed by atoms with Gasteiger partial charge in [0.2, 0.25) is 5.95 Å². The normalized spacial score (nSPS) is 12.4. The number of benzene rings is 2. The van der Waals surface area contributed by atoms with Gasteiger partial charge < -0.3 is 5.32 Å². The van der Waals surface area contributed by atoms with Crippen molar-refractivity contribution < 1.29 is 26.3 Å². The molecule has 5 aromatic rings. The molecule has 0 spiro atoms. The molecule has 7 nitrogen and oxygen atoms in total. The number of rotatable bonds is 4. The monoisotopic (exact) mass is 518 g/mol. The number of aromatic nitrogens is 5. The van der Waals surface area contributed by atoms with Crippen molar-refractivity contribution in [3.63, 3.8) is 0 Å². The van der Waals surface area contributed by atoms with Crippen molar-refractivity contribution in [1.82, 2.24) is 24.3 Å². The topological polar surface area (TPSA) is 77.6 Å². The Bertz CT molecular complexity index is 1690. The molecular weight excluding hydrogens is 502 g/mol. The fourth-order valence-electron chi connectivity index (χ4n) is 3.93. The van der Waals surface area contributed by atoms with Crippen molar-refractivity contribution in [3.8, 4) is 16.8 Å². The van der Waals surface area contributed by atoms with Gasteiger partial charge in [0.25, 0.3) is 5.56 Å². The molecule has 0 aliphatic carbocycles. The molecule has 0 atom stereocenters. The number of hydrogen-bond acceptors (Lipinski definition) is 5. The highest BCUT2D eigenvalue weighted by molar-refractivity contribution is 5.93. The molecule has 0 aliphatic heterocycles. The summed E-state index contributed by atoms with van der Waals surface area (Å²) >= 11 is 0. The third kappa shape index (κ3) is 4.84. The van der Waals surface area contributed by atoms with Crippen LogP contribution in [0.5, 0.6) is 0 Å². The number of hydrogen-bond donors (Lipinski definition) is 1. The summed E-state index contributed by atoms with van der Waals surface area (Å²) in [6.45, 7) is -1.41. The van der Waals surface area contributed by atoms with Crippen LogP contribution in [-0.2, 0) is 13.2 Å². The number of fused-ring (bicyclic) bond motifs is 2. The number of anilines is 1. The highest BCUT2D eigenvalue weighted by Crippen LogP contribution is 2.32. The third-order valence-corrected chi connectivity index (χ3v) is 5.58. The summed E-state index contributed by atoms with van der Waals surface area (Å²) in [5.74, 6) is -0.382. The zero-order chi connectivity index (χ0) is 26.5. The Morgan fingerprint density at radius 3 is 2.35 bits per heavy atom. The van der Waals surface area contributed by atoms with Crippen LogP contribution in [0.15, 0.2) is 65.8 Å². The average molecular weight is 518 g/mol. The van der Waals surface area contributed by atoms with E-state index in [4.69, 9.17) is 0 Å². The van der Waals surface area contributed by atoms with E-state index in [1.54, 1.807) is 36.1 Å². The molecule has 0 amide bonds. The first-order valence-corrected chi connectivity index (χ1v) is 10.7. The van der Waals surface area contributed by atoms with Crippen LogP contribution in [0.3, 0.4) is 0 Å². The van der Waals surface area contributed by atoms with Gasteiger partial charge in [-0.15, -0.1) is 0 Å². The highest BCUT2D eigenvalue weighted by Gasteiger charge is 2.30. The Morgan fingerprint density at radius 1 is 0.946 bits per heavy atom. The van der Waals surface area contributed by atoms with Gasteiger partial charge in [-0.3, -0.25) is 14.0 Å². The molecule has 2 aromatic carbocycles. The van der Waals surface area contributed by atoms with Crippen LogP contribution >= 0.6 is 0 Å². The molecule has 0 unspecified atom stereocenters. The van der Waals surface area contributed by atoms with Crippen molar-refractivity contribution >= 4 is 27.8 Å². The van der Waals surface area contributed by atoms with Crippen LogP contribution in [0.2, 0.25) is 0 Å². The van der Waals surface area contributed by atoms with Crippen molar-refractivity contribution in [2.24, 2.45) is 7.05 Å². The molecule has 3 heterocycles. The molecule has 0 aliphatic rings. The molecule has 37 heavy (non-hydrogen) atoms. The smallest absolute Gasteiger partial charge is 0.345 e. The molecule has 0 saturated heterocycles. The molecule has 0 radical (unpaired) electrons. The third-order valence-electron chi connectivity index (χ3n) is 5.58. The number of alkyl halides is 6. The lowest BCUT2D eigenvalue weighted by Crippen LogP contribution is -2.23. The summed E-state index contributed by atoms with van der Waals surface area (Å²) in [7, 11) is 1.74. The minimum absolute atomic E-state index is 0.0110. The van der Waals surface area contributed by atoms with Gasteiger partial charge in [-0.2, -0.15) is 31.4 Å². The predicted molar refractivity (Wildman–Crippen MR) is 124 cm³/mol. The zero-order valence-corrected chi connectivity index (χ0v) is 18.9. The fourth-order valence-corrected chi connectivity index (χ4v) is 3.93. The van der Waals surface area contributed by atoms with Gasteiger partial charge in [-0.1, -0.05) is 12.1 Å². The van der Waals surface area contributed by atoms with Crippen molar-refractivity contribution in [3.05, 3.63) is 77.0 Å². The lowest BCUT2D eigenvalue weighted by molar-refractivity contribution is -0.137. The standard InChI is InChI=1S/C24H16F6N6O/c1-35-10-14-8-17(6-7-18(14)34-35)36-11-15-9-31-22(32-12-23(25,26)27)33-20(15)19(21(36)37)13-2-4-16(5-3-13)24(28,29)30/h2-11H,12H2,1H3,(H,32,33). The first kappa shape index (κ1) is 24.3. The SMILES string of the molecule is Cn1cc2cc(-n3cc4cnc(NCC(F)(F)F)nc4c(-c4ccc(C(F)(F)F)cc4)c3=O)ccc2n1. The number of aryl methyl sites for hydroxylation is 1. The van der Waals surface area contributed by atoms with Gasteiger partial charge in [0, 0.05) is 42.1 Å². The summed E-state index contributed by atoms with van der Waals surface area (Å²) in [4.78, 5) is 21.7. The van der Waals surface area contributed by atoms with Crippen molar-refractivity contribution in [2.45, 2.75) is 12.4 Å². The van der Waals surface area contributed by atoms with E-state index in [2.05, 4.69) is 20.4 Å². The Balaban J connectivity index is 1.72. The van der Waals surface area contributed by atoms with Crippen LogP contribution in [0.1, 0.15) is 5.56 Å². The summed E-state index contributed by atoms with van der Waals surface area (Å²) in [5.41, 5.74) is -0.401. The summed E-state index contributed by atoms with van der Waals surface area (Å²) < 4.78 is 80.3. The van der Waals surface area contributed by atoms with E-state index in [0.29, 0.717) is 16.6 Å². The Hall–Kier alpha value is -4.42. The molecule has 5 rings (SSSR count). The van der Waals surface area contributed by atoms with Crippen LogP contribution in [-0.4, -0.2) is 37.0 Å². The molecule has 13 heteroatoms. The summed E-state index contributed by atoms with van der Waals surface area (Å²) in [5, 5.41) is 7.38. The molecular formula is C24H16F6N6O. The first-order valence-electron chi connectivity index (χ1n) is 10.7. The van der Waals surface area contributed by atoms with Gasteiger partial charge in [0.05, 0.1) is 22.2 Å². The predicted octanol–water partition coefficient (Wildman–Crippen LogP) is 5.33. The van der Waals surface area contributed by atoms with Crippen molar-refractivity contribution in [1.29, 1.82) is 0 Å². The lowest BCUT2D eigenvalue weighted by Gasteiger charge is -2.14. The van der Waals surface area contributed by atoms with Crippen LogP contribution in [0, 0.1) is 0 Å². The van der Waals surface area contributed by atoms with Crippen LogP contribution < -0.4 is 10.9 Å². The first-order chi connectivity index (χ1) is 17.4. The maximum atomic E-state index is 13.7. The van der Waals surface area contributed by atoms with Gasteiger partial charge in [0.1, 0.15) is 6.54 Å². The number of nitrogens with one attached hydrogen (secondary N) is 1. The number of pyridine rings is 1. The van der Waals surface area contributed by atoms with Gasteiger partial charge in [0.15, 0.2) is 0 Å². The maximum Gasteiger partial charge on any atom is 0.416 e. The van der Waals surface area contributed by atoms with Crippen LogP contribution in [0.4, 0.5) is 32.3 Å². The fraction of sp³-hybridized carbons (Fsp3) is 0.167. The minimum atomic E-state index is -4.59. The van der Waals surface area contributed by atoms with E-state index in [0.717, 1.165) is 29.7 Å². The maximum absolute atomic E-state index is 13.7. The Labute approximate surface area is 204 Å². The van der Waals surface area contributed by atoms with E-state index >= 15 is 0 Å². The largest absolute Gasteiger partial charge is 0.416 e. The van der Waals surface area contributed by atoms with Gasteiger partial charge >= 0.3 is 12.4 Å². The van der Waals surface area contributed by atoms with Crippen molar-refractivity contribution in [2.75, 3.05) is 11.9 Å².